The first-order chi connectivity index (χ1) is 6.04. The Hall–Kier alpha value is -1.27. The van der Waals surface area contributed by atoms with E-state index in [1.165, 1.54) is 0 Å². The van der Waals surface area contributed by atoms with Crippen LogP contribution < -0.4 is 10.2 Å². The van der Waals surface area contributed by atoms with Gasteiger partial charge < -0.3 is 0 Å². The molecular formula is C7H11N2O3P. The lowest BCUT2D eigenvalue weighted by Crippen LogP contribution is -2.18. The molecule has 0 heterocycles. The Morgan fingerprint density at radius 1 is 1.23 bits per heavy atom. The zero-order chi connectivity index (χ0) is 10.3. The number of rotatable bonds is 4. The van der Waals surface area contributed by atoms with Crippen LogP contribution in [-0.4, -0.2) is 12.8 Å². The van der Waals surface area contributed by atoms with Crippen molar-refractivity contribution in [2.45, 2.75) is 13.8 Å². The number of nitrogens with one attached hydrogen (secondary N) is 2. The van der Waals surface area contributed by atoms with E-state index in [1.54, 1.807) is 13.8 Å². The molecule has 0 aliphatic rings. The molecular weight excluding hydrogens is 191 g/mol. The van der Waals surface area contributed by atoms with Crippen molar-refractivity contribution >= 4 is 20.3 Å². The van der Waals surface area contributed by atoms with Gasteiger partial charge in [-0.2, -0.15) is 0 Å². The molecule has 0 aromatic heterocycles. The summed E-state index contributed by atoms with van der Waals surface area (Å²) in [5, 5.41) is 3.95. The first-order valence-corrected chi connectivity index (χ1v) is 5.30. The minimum atomic E-state index is -3.37. The van der Waals surface area contributed by atoms with E-state index in [-0.39, 0.29) is 18.7 Å². The van der Waals surface area contributed by atoms with Crippen LogP contribution in [0.2, 0.25) is 0 Å². The Kier molecular flexibility index (Phi) is 4.86. The number of hydrogen-bond donors (Lipinski definition) is 2. The van der Waals surface area contributed by atoms with E-state index in [9.17, 15) is 14.2 Å². The summed E-state index contributed by atoms with van der Waals surface area (Å²) in [6.07, 6.45) is 0.485. The number of hydrogen-bond acceptors (Lipinski definition) is 3. The summed E-state index contributed by atoms with van der Waals surface area (Å²) in [4.78, 5) is 20.1. The van der Waals surface area contributed by atoms with Crippen LogP contribution in [0.15, 0.2) is 0 Å². The Labute approximate surface area is 76.8 Å². The molecule has 0 aromatic rings. The highest BCUT2D eigenvalue weighted by atomic mass is 31.2. The van der Waals surface area contributed by atoms with Crippen LogP contribution in [0.3, 0.4) is 0 Å². The molecule has 0 saturated carbocycles. The van der Waals surface area contributed by atoms with Crippen molar-refractivity contribution in [1.29, 1.82) is 0 Å². The maximum Gasteiger partial charge on any atom is 0.334 e. The topological polar surface area (TPSA) is 75.3 Å². The van der Waals surface area contributed by atoms with Crippen molar-refractivity contribution in [3.05, 3.63) is 0 Å². The highest BCUT2D eigenvalue weighted by Gasteiger charge is 2.15. The van der Waals surface area contributed by atoms with Crippen LogP contribution >= 0.6 is 7.44 Å². The predicted molar refractivity (Wildman–Crippen MR) is 48.6 cm³/mol. The van der Waals surface area contributed by atoms with Crippen LogP contribution in [0.1, 0.15) is 13.8 Å². The fourth-order valence-corrected chi connectivity index (χ4v) is 1.41. The first kappa shape index (κ1) is 11.7. The SMILES string of the molecule is CC(C)C#CP(=O)(NC=O)NC=O. The zero-order valence-electron chi connectivity index (χ0n) is 7.40. The van der Waals surface area contributed by atoms with E-state index in [1.807, 2.05) is 10.2 Å². The van der Waals surface area contributed by atoms with Crippen molar-refractivity contribution < 1.29 is 14.2 Å². The molecule has 0 saturated heterocycles. The Morgan fingerprint density at radius 3 is 2.00 bits per heavy atom. The van der Waals surface area contributed by atoms with Gasteiger partial charge in [-0.15, -0.1) is 0 Å². The maximum absolute atomic E-state index is 11.5. The maximum atomic E-state index is 11.5. The third kappa shape index (κ3) is 5.05. The molecule has 13 heavy (non-hydrogen) atoms. The lowest BCUT2D eigenvalue weighted by Gasteiger charge is -2.07. The van der Waals surface area contributed by atoms with Gasteiger partial charge in [-0.3, -0.25) is 24.3 Å². The summed E-state index contributed by atoms with van der Waals surface area (Å²) < 4.78 is 11.5. The first-order valence-electron chi connectivity index (χ1n) is 3.60. The second-order valence-corrected chi connectivity index (χ2v) is 4.47. The second kappa shape index (κ2) is 5.39. The summed E-state index contributed by atoms with van der Waals surface area (Å²) in [5.41, 5.74) is 2.32. The average Bonchev–Trinajstić information content (AvgIpc) is 2.02. The molecule has 0 fully saturated rings. The molecule has 0 unspecified atom stereocenters. The fourth-order valence-electron chi connectivity index (χ4n) is 0.470. The van der Waals surface area contributed by atoms with E-state index < -0.39 is 7.44 Å². The van der Waals surface area contributed by atoms with Crippen molar-refractivity contribution in [2.24, 2.45) is 5.92 Å². The lowest BCUT2D eigenvalue weighted by molar-refractivity contribution is -0.108. The van der Waals surface area contributed by atoms with E-state index >= 15 is 0 Å². The van der Waals surface area contributed by atoms with Gasteiger partial charge in [-0.05, 0) is 0 Å². The molecule has 72 valence electrons. The highest BCUT2D eigenvalue weighted by Crippen LogP contribution is 2.32. The molecule has 2 N–H and O–H groups in total. The summed E-state index contributed by atoms with van der Waals surface area (Å²) in [6.45, 7) is 3.61. The average molecular weight is 202 g/mol. The molecule has 0 aromatic carbocycles. The number of carbonyl (C=O) groups excluding carboxylic acids is 2. The van der Waals surface area contributed by atoms with Gasteiger partial charge in [-0.25, -0.2) is 0 Å². The fraction of sp³-hybridized carbons (Fsp3) is 0.429. The van der Waals surface area contributed by atoms with E-state index in [0.29, 0.717) is 0 Å². The van der Waals surface area contributed by atoms with E-state index in [2.05, 4.69) is 11.6 Å². The quantitative estimate of drug-likeness (QED) is 0.391. The van der Waals surface area contributed by atoms with Gasteiger partial charge in [0.05, 0.1) is 0 Å². The third-order valence-corrected chi connectivity index (χ3v) is 2.36. The van der Waals surface area contributed by atoms with Gasteiger partial charge in [0.25, 0.3) is 0 Å². The normalized spacial score (nSPS) is 9.77. The molecule has 0 atom stereocenters. The number of carbonyl (C=O) groups is 2. The molecule has 0 aliphatic carbocycles. The summed E-state index contributed by atoms with van der Waals surface area (Å²) in [5.74, 6) is 2.62. The second-order valence-electron chi connectivity index (χ2n) is 2.51. The monoisotopic (exact) mass is 202 g/mol. The molecule has 5 nitrogen and oxygen atoms in total. The molecule has 0 spiro atoms. The molecule has 2 amide bonds. The van der Waals surface area contributed by atoms with Crippen LogP contribution in [0.4, 0.5) is 0 Å². The van der Waals surface area contributed by atoms with E-state index in [0.717, 1.165) is 0 Å². The van der Waals surface area contributed by atoms with Crippen LogP contribution in [0, 0.1) is 17.5 Å². The van der Waals surface area contributed by atoms with Crippen LogP contribution in [0.25, 0.3) is 0 Å². The van der Waals surface area contributed by atoms with Crippen molar-refractivity contribution in [3.63, 3.8) is 0 Å². The van der Waals surface area contributed by atoms with Crippen molar-refractivity contribution in [1.82, 2.24) is 10.2 Å². The van der Waals surface area contributed by atoms with Crippen LogP contribution in [0.5, 0.6) is 0 Å². The molecule has 0 rings (SSSR count). The van der Waals surface area contributed by atoms with Gasteiger partial charge in [0.1, 0.15) is 0 Å². The Morgan fingerprint density at radius 2 is 1.69 bits per heavy atom. The molecule has 0 radical (unpaired) electrons. The van der Waals surface area contributed by atoms with Gasteiger partial charge in [0, 0.05) is 11.6 Å². The summed E-state index contributed by atoms with van der Waals surface area (Å²) in [6, 6.07) is 0. The minimum Gasteiger partial charge on any atom is -0.284 e. The van der Waals surface area contributed by atoms with Crippen LogP contribution in [-0.2, 0) is 14.2 Å². The Balaban J connectivity index is 4.61. The standard InChI is InChI=1S/C7H11N2O3P/c1-7(2)3-4-13(12,8-5-10)9-6-11/h5-7H,1-2H3,(H2,8,9,10,11,12). The summed E-state index contributed by atoms with van der Waals surface area (Å²) in [7, 11) is -3.37. The number of amides is 2. The minimum absolute atomic E-state index is 0.0234. The predicted octanol–water partition coefficient (Wildman–Crippen LogP) is 0.288. The lowest BCUT2D eigenvalue weighted by atomic mass is 10.2. The molecule has 0 bridgehead atoms. The smallest absolute Gasteiger partial charge is 0.284 e. The van der Waals surface area contributed by atoms with Crippen molar-refractivity contribution in [2.75, 3.05) is 0 Å². The third-order valence-electron chi connectivity index (χ3n) is 0.980. The van der Waals surface area contributed by atoms with Gasteiger partial charge in [0.2, 0.25) is 12.8 Å². The molecule has 6 heteroatoms. The Bertz CT molecular complexity index is 276. The van der Waals surface area contributed by atoms with Gasteiger partial charge in [-0.1, -0.05) is 19.8 Å². The highest BCUT2D eigenvalue weighted by molar-refractivity contribution is 7.66. The van der Waals surface area contributed by atoms with E-state index in [4.69, 9.17) is 0 Å². The zero-order valence-corrected chi connectivity index (χ0v) is 8.30. The largest absolute Gasteiger partial charge is 0.334 e. The molecule has 0 aliphatic heterocycles. The van der Waals surface area contributed by atoms with Gasteiger partial charge >= 0.3 is 7.44 Å². The van der Waals surface area contributed by atoms with Gasteiger partial charge in [0.15, 0.2) is 0 Å². The van der Waals surface area contributed by atoms with Crippen molar-refractivity contribution in [3.8, 4) is 11.6 Å². The summed E-state index contributed by atoms with van der Waals surface area (Å²) >= 11 is 0.